The molecule has 1 aromatic heterocycles. The summed E-state index contributed by atoms with van der Waals surface area (Å²) in [7, 11) is 0. The zero-order chi connectivity index (χ0) is 15.6. The Morgan fingerprint density at radius 3 is 2.52 bits per heavy atom. The zero-order valence-corrected chi connectivity index (χ0v) is 14.2. The minimum absolute atomic E-state index is 0.350. The van der Waals surface area contributed by atoms with Crippen LogP contribution in [0.5, 0.6) is 0 Å². The van der Waals surface area contributed by atoms with Crippen LogP contribution in [0, 0.1) is 6.92 Å². The molecule has 2 rings (SSSR count). The summed E-state index contributed by atoms with van der Waals surface area (Å²) in [5.74, 6) is 1.81. The maximum atomic E-state index is 6.26. The molecule has 0 aliphatic rings. The second-order valence-electron chi connectivity index (χ2n) is 5.20. The fourth-order valence-corrected chi connectivity index (χ4v) is 2.74. The van der Waals surface area contributed by atoms with Crippen molar-refractivity contribution < 1.29 is 0 Å². The molecule has 0 spiro atoms. The number of anilines is 1. The van der Waals surface area contributed by atoms with Crippen LogP contribution in [0.15, 0.2) is 18.2 Å². The van der Waals surface area contributed by atoms with Crippen LogP contribution >= 0.6 is 23.2 Å². The summed E-state index contributed by atoms with van der Waals surface area (Å²) in [6.07, 6.45) is 0. The van der Waals surface area contributed by atoms with Crippen LogP contribution in [0.3, 0.4) is 0 Å². The van der Waals surface area contributed by atoms with Crippen molar-refractivity contribution in [1.29, 1.82) is 0 Å². The van der Waals surface area contributed by atoms with Gasteiger partial charge in [-0.15, -0.1) is 0 Å². The van der Waals surface area contributed by atoms with Gasteiger partial charge in [-0.2, -0.15) is 0 Å². The monoisotopic (exact) mass is 323 g/mol. The molecule has 0 aliphatic carbocycles. The van der Waals surface area contributed by atoms with Crippen LogP contribution in [0.25, 0.3) is 11.4 Å². The summed E-state index contributed by atoms with van der Waals surface area (Å²) in [5, 5.41) is 4.53. The summed E-state index contributed by atoms with van der Waals surface area (Å²) >= 11 is 12.3. The Morgan fingerprint density at radius 2 is 1.90 bits per heavy atom. The van der Waals surface area contributed by atoms with Gasteiger partial charge in [0.2, 0.25) is 0 Å². The largest absolute Gasteiger partial charge is 0.370 e. The fourth-order valence-electron chi connectivity index (χ4n) is 2.36. The fraction of sp³-hybridized carbons (Fsp3) is 0.375. The van der Waals surface area contributed by atoms with Gasteiger partial charge in [0.1, 0.15) is 5.82 Å². The molecule has 0 fully saturated rings. The highest BCUT2D eigenvalue weighted by atomic mass is 35.5. The van der Waals surface area contributed by atoms with Gasteiger partial charge in [-0.3, -0.25) is 0 Å². The molecular weight excluding hydrogens is 305 g/mol. The molecule has 0 aliphatic heterocycles. The molecule has 0 unspecified atom stereocenters. The normalized spacial score (nSPS) is 11.0. The van der Waals surface area contributed by atoms with E-state index in [-0.39, 0.29) is 0 Å². The van der Waals surface area contributed by atoms with E-state index in [9.17, 15) is 0 Å². The molecule has 112 valence electrons. The predicted octanol–water partition coefficient (Wildman–Crippen LogP) is 5.31. The van der Waals surface area contributed by atoms with Crippen LogP contribution in [-0.2, 0) is 0 Å². The third kappa shape index (κ3) is 3.47. The van der Waals surface area contributed by atoms with E-state index in [1.807, 2.05) is 13.8 Å². The van der Waals surface area contributed by atoms with E-state index in [2.05, 4.69) is 29.1 Å². The van der Waals surface area contributed by atoms with E-state index in [1.54, 1.807) is 18.2 Å². The van der Waals surface area contributed by atoms with E-state index in [0.717, 1.165) is 29.2 Å². The Balaban J connectivity index is 2.63. The van der Waals surface area contributed by atoms with Crippen molar-refractivity contribution in [2.24, 2.45) is 0 Å². The number of aromatic nitrogens is 2. The van der Waals surface area contributed by atoms with Gasteiger partial charge in [0, 0.05) is 28.4 Å². The van der Waals surface area contributed by atoms with Crippen LogP contribution in [-0.4, -0.2) is 16.5 Å². The molecule has 0 atom stereocenters. The number of halogens is 2. The van der Waals surface area contributed by atoms with Gasteiger partial charge < -0.3 is 5.32 Å². The molecule has 2 aromatic rings. The van der Waals surface area contributed by atoms with E-state index < -0.39 is 0 Å². The lowest BCUT2D eigenvalue weighted by Gasteiger charge is -2.17. The average molecular weight is 324 g/mol. The third-order valence-electron chi connectivity index (χ3n) is 3.23. The van der Waals surface area contributed by atoms with Crippen molar-refractivity contribution in [3.05, 3.63) is 39.5 Å². The molecule has 0 saturated carbocycles. The molecule has 21 heavy (non-hydrogen) atoms. The van der Waals surface area contributed by atoms with Gasteiger partial charge in [0.25, 0.3) is 0 Å². The van der Waals surface area contributed by atoms with Gasteiger partial charge in [-0.25, -0.2) is 9.97 Å². The summed E-state index contributed by atoms with van der Waals surface area (Å²) in [5.41, 5.74) is 2.85. The van der Waals surface area contributed by atoms with Crippen molar-refractivity contribution in [1.82, 2.24) is 9.97 Å². The van der Waals surface area contributed by atoms with Crippen molar-refractivity contribution in [2.75, 3.05) is 11.9 Å². The second-order valence-corrected chi connectivity index (χ2v) is 6.05. The first kappa shape index (κ1) is 16.1. The van der Waals surface area contributed by atoms with Crippen molar-refractivity contribution in [2.45, 2.75) is 33.6 Å². The maximum Gasteiger partial charge on any atom is 0.163 e. The molecule has 0 bridgehead atoms. The van der Waals surface area contributed by atoms with Gasteiger partial charge in [-0.05, 0) is 38.0 Å². The lowest BCUT2D eigenvalue weighted by atomic mass is 10.0. The first-order valence-electron chi connectivity index (χ1n) is 7.01. The highest BCUT2D eigenvalue weighted by Gasteiger charge is 2.16. The molecule has 1 N–H and O–H groups in total. The number of hydrogen-bond acceptors (Lipinski definition) is 3. The van der Waals surface area contributed by atoms with Crippen LogP contribution in [0.1, 0.15) is 37.9 Å². The Hall–Kier alpha value is -1.32. The lowest BCUT2D eigenvalue weighted by molar-refractivity contribution is 0.831. The molecule has 5 heteroatoms. The standard InChI is InChI=1S/C16H19Cl2N3/c1-5-19-16-14(9(2)3)10(4)20-15(21-16)12-8-11(17)6-7-13(12)18/h6-9H,5H2,1-4H3,(H,19,20,21). The quantitative estimate of drug-likeness (QED) is 0.828. The molecule has 1 heterocycles. The summed E-state index contributed by atoms with van der Waals surface area (Å²) < 4.78 is 0. The number of rotatable bonds is 4. The Bertz CT molecular complexity index is 654. The molecule has 0 amide bonds. The van der Waals surface area contributed by atoms with E-state index in [4.69, 9.17) is 23.2 Å². The predicted molar refractivity (Wildman–Crippen MR) is 90.5 cm³/mol. The Labute approximate surface area is 135 Å². The molecule has 0 saturated heterocycles. The average Bonchev–Trinajstić information content (AvgIpc) is 2.41. The van der Waals surface area contributed by atoms with Crippen LogP contribution < -0.4 is 5.32 Å². The number of benzene rings is 1. The first-order valence-corrected chi connectivity index (χ1v) is 7.77. The maximum absolute atomic E-state index is 6.26. The first-order chi connectivity index (χ1) is 9.93. The Kier molecular flexibility index (Phi) is 5.07. The summed E-state index contributed by atoms with van der Waals surface area (Å²) in [6, 6.07) is 5.32. The highest BCUT2D eigenvalue weighted by Crippen LogP contribution is 2.32. The van der Waals surface area contributed by atoms with Crippen molar-refractivity contribution in [3.63, 3.8) is 0 Å². The highest BCUT2D eigenvalue weighted by molar-refractivity contribution is 6.35. The van der Waals surface area contributed by atoms with Gasteiger partial charge in [-0.1, -0.05) is 37.0 Å². The third-order valence-corrected chi connectivity index (χ3v) is 3.79. The van der Waals surface area contributed by atoms with E-state index in [1.165, 1.54) is 0 Å². The van der Waals surface area contributed by atoms with Gasteiger partial charge in [0.15, 0.2) is 5.82 Å². The molecule has 3 nitrogen and oxygen atoms in total. The van der Waals surface area contributed by atoms with Gasteiger partial charge >= 0.3 is 0 Å². The molecule has 1 aromatic carbocycles. The van der Waals surface area contributed by atoms with Crippen molar-refractivity contribution >= 4 is 29.0 Å². The zero-order valence-electron chi connectivity index (χ0n) is 12.7. The number of hydrogen-bond donors (Lipinski definition) is 1. The molecule has 0 radical (unpaired) electrons. The Morgan fingerprint density at radius 1 is 1.19 bits per heavy atom. The molecular formula is C16H19Cl2N3. The number of aryl methyl sites for hydroxylation is 1. The number of nitrogens with one attached hydrogen (secondary N) is 1. The van der Waals surface area contributed by atoms with E-state index in [0.29, 0.717) is 21.8 Å². The smallest absolute Gasteiger partial charge is 0.163 e. The minimum Gasteiger partial charge on any atom is -0.370 e. The lowest BCUT2D eigenvalue weighted by Crippen LogP contribution is -2.09. The van der Waals surface area contributed by atoms with E-state index >= 15 is 0 Å². The van der Waals surface area contributed by atoms with Crippen LogP contribution in [0.4, 0.5) is 5.82 Å². The van der Waals surface area contributed by atoms with Gasteiger partial charge in [0.05, 0.1) is 5.02 Å². The minimum atomic E-state index is 0.350. The van der Waals surface area contributed by atoms with Crippen molar-refractivity contribution in [3.8, 4) is 11.4 Å². The second kappa shape index (κ2) is 6.63. The summed E-state index contributed by atoms with van der Waals surface area (Å²) in [6.45, 7) is 9.13. The SMILES string of the molecule is CCNc1nc(-c2cc(Cl)ccc2Cl)nc(C)c1C(C)C. The summed E-state index contributed by atoms with van der Waals surface area (Å²) in [4.78, 5) is 9.27. The van der Waals surface area contributed by atoms with Crippen LogP contribution in [0.2, 0.25) is 10.0 Å². The number of nitrogens with zero attached hydrogens (tertiary/aromatic N) is 2. The topological polar surface area (TPSA) is 37.8 Å².